The van der Waals surface area contributed by atoms with Gasteiger partial charge in [0.2, 0.25) is 0 Å². The van der Waals surface area contributed by atoms with Crippen LogP contribution in [0.25, 0.3) is 5.69 Å². The molecule has 3 heteroatoms. The Morgan fingerprint density at radius 1 is 1.25 bits per heavy atom. The normalized spacial score (nSPS) is 10.4. The first kappa shape index (κ1) is 10.7. The van der Waals surface area contributed by atoms with Crippen molar-refractivity contribution in [3.05, 3.63) is 42.2 Å². The zero-order chi connectivity index (χ0) is 11.5. The van der Waals surface area contributed by atoms with Crippen molar-refractivity contribution in [3.63, 3.8) is 0 Å². The Hall–Kier alpha value is -1.77. The highest BCUT2D eigenvalue weighted by molar-refractivity contribution is 5.54. The van der Waals surface area contributed by atoms with Gasteiger partial charge in [0.1, 0.15) is 0 Å². The maximum absolute atomic E-state index is 4.26. The minimum atomic E-state index is 1.04. The number of aromatic nitrogens is 2. The van der Waals surface area contributed by atoms with Crippen molar-refractivity contribution in [1.29, 1.82) is 0 Å². The van der Waals surface area contributed by atoms with Gasteiger partial charge in [0.05, 0.1) is 5.69 Å². The third-order valence-electron chi connectivity index (χ3n) is 2.66. The Morgan fingerprint density at radius 3 is 2.62 bits per heavy atom. The fourth-order valence-corrected chi connectivity index (χ4v) is 1.67. The predicted molar refractivity (Wildman–Crippen MR) is 67.3 cm³/mol. The lowest BCUT2D eigenvalue weighted by molar-refractivity contribution is 0.875. The predicted octanol–water partition coefficient (Wildman–Crippen LogP) is 2.50. The van der Waals surface area contributed by atoms with Gasteiger partial charge in [-0.2, -0.15) is 5.10 Å². The van der Waals surface area contributed by atoms with Gasteiger partial charge in [0.15, 0.2) is 0 Å². The molecule has 0 saturated heterocycles. The molecule has 1 heterocycles. The Bertz CT molecular complexity index is 458. The highest BCUT2D eigenvalue weighted by Gasteiger charge is 2.03. The molecule has 0 spiro atoms. The van der Waals surface area contributed by atoms with E-state index in [0.29, 0.717) is 0 Å². The molecule has 16 heavy (non-hydrogen) atoms. The van der Waals surface area contributed by atoms with E-state index < -0.39 is 0 Å². The molecule has 0 radical (unpaired) electrons. The summed E-state index contributed by atoms with van der Waals surface area (Å²) in [5.74, 6) is 0. The zero-order valence-electron chi connectivity index (χ0n) is 10.0. The van der Waals surface area contributed by atoms with E-state index in [9.17, 15) is 0 Å². The summed E-state index contributed by atoms with van der Waals surface area (Å²) < 4.78 is 1.90. The van der Waals surface area contributed by atoms with Gasteiger partial charge < -0.3 is 4.90 Å². The molecule has 0 aliphatic rings. The third-order valence-corrected chi connectivity index (χ3v) is 2.66. The van der Waals surface area contributed by atoms with Crippen LogP contribution in [0.4, 0.5) is 5.69 Å². The van der Waals surface area contributed by atoms with Crippen molar-refractivity contribution in [2.75, 3.05) is 19.0 Å². The fourth-order valence-electron chi connectivity index (χ4n) is 1.67. The van der Waals surface area contributed by atoms with E-state index in [1.165, 1.54) is 11.3 Å². The van der Waals surface area contributed by atoms with Crippen molar-refractivity contribution < 1.29 is 0 Å². The number of aryl methyl sites for hydroxylation is 1. The standard InChI is InChI=1S/C13H17N3/c1-4-11-8-12(15(2)3)10-13(9-11)16-7-5-6-14-16/h5-10H,4H2,1-3H3. The Labute approximate surface area is 96.3 Å². The molecule has 0 amide bonds. The number of benzene rings is 1. The van der Waals surface area contributed by atoms with E-state index in [2.05, 4.69) is 49.2 Å². The zero-order valence-corrected chi connectivity index (χ0v) is 10.0. The molecule has 2 rings (SSSR count). The largest absolute Gasteiger partial charge is 0.378 e. The molecular weight excluding hydrogens is 198 g/mol. The lowest BCUT2D eigenvalue weighted by Crippen LogP contribution is -2.10. The van der Waals surface area contributed by atoms with Crippen molar-refractivity contribution >= 4 is 5.69 Å². The number of hydrogen-bond acceptors (Lipinski definition) is 2. The number of anilines is 1. The summed E-state index contributed by atoms with van der Waals surface area (Å²) in [6.45, 7) is 2.17. The second-order valence-corrected chi connectivity index (χ2v) is 4.06. The van der Waals surface area contributed by atoms with Crippen LogP contribution in [0.3, 0.4) is 0 Å². The minimum Gasteiger partial charge on any atom is -0.378 e. The van der Waals surface area contributed by atoms with Gasteiger partial charge in [-0.25, -0.2) is 4.68 Å². The number of rotatable bonds is 3. The Balaban J connectivity index is 2.49. The lowest BCUT2D eigenvalue weighted by atomic mass is 10.1. The molecule has 0 bridgehead atoms. The first-order valence-electron chi connectivity index (χ1n) is 5.52. The summed E-state index contributed by atoms with van der Waals surface area (Å²) in [6.07, 6.45) is 4.80. The van der Waals surface area contributed by atoms with Crippen molar-refractivity contribution in [3.8, 4) is 5.69 Å². The summed E-state index contributed by atoms with van der Waals surface area (Å²) in [6, 6.07) is 8.48. The van der Waals surface area contributed by atoms with Crippen molar-refractivity contribution in [1.82, 2.24) is 9.78 Å². The topological polar surface area (TPSA) is 21.1 Å². The highest BCUT2D eigenvalue weighted by atomic mass is 15.3. The molecule has 0 unspecified atom stereocenters. The molecule has 0 fully saturated rings. The Morgan fingerprint density at radius 2 is 2.06 bits per heavy atom. The van der Waals surface area contributed by atoms with Crippen LogP contribution in [0.1, 0.15) is 12.5 Å². The highest BCUT2D eigenvalue weighted by Crippen LogP contribution is 2.20. The van der Waals surface area contributed by atoms with Crippen LogP contribution in [0.15, 0.2) is 36.7 Å². The molecule has 1 aromatic carbocycles. The fraction of sp³-hybridized carbons (Fsp3) is 0.308. The van der Waals surface area contributed by atoms with Crippen LogP contribution >= 0.6 is 0 Å². The van der Waals surface area contributed by atoms with Crippen LogP contribution in [-0.4, -0.2) is 23.9 Å². The van der Waals surface area contributed by atoms with Crippen LogP contribution in [-0.2, 0) is 6.42 Å². The number of hydrogen-bond donors (Lipinski definition) is 0. The summed E-state index contributed by atoms with van der Waals surface area (Å²) >= 11 is 0. The van der Waals surface area contributed by atoms with E-state index in [-0.39, 0.29) is 0 Å². The van der Waals surface area contributed by atoms with Crippen LogP contribution in [0, 0.1) is 0 Å². The molecule has 0 atom stereocenters. The maximum Gasteiger partial charge on any atom is 0.0668 e. The maximum atomic E-state index is 4.26. The van der Waals surface area contributed by atoms with E-state index >= 15 is 0 Å². The molecule has 0 aliphatic heterocycles. The third kappa shape index (κ3) is 2.08. The Kier molecular flexibility index (Phi) is 2.95. The van der Waals surface area contributed by atoms with Gasteiger partial charge in [-0.15, -0.1) is 0 Å². The monoisotopic (exact) mass is 215 g/mol. The van der Waals surface area contributed by atoms with Gasteiger partial charge in [0, 0.05) is 32.2 Å². The molecule has 2 aromatic rings. The second kappa shape index (κ2) is 4.39. The first-order chi connectivity index (χ1) is 7.70. The SMILES string of the molecule is CCc1cc(N(C)C)cc(-n2cccn2)c1. The molecule has 0 aliphatic carbocycles. The van der Waals surface area contributed by atoms with Crippen LogP contribution in [0.2, 0.25) is 0 Å². The number of nitrogens with zero attached hydrogens (tertiary/aromatic N) is 3. The van der Waals surface area contributed by atoms with Crippen molar-refractivity contribution in [2.45, 2.75) is 13.3 Å². The van der Waals surface area contributed by atoms with Gasteiger partial charge >= 0.3 is 0 Å². The molecule has 1 aromatic heterocycles. The van der Waals surface area contributed by atoms with Crippen LogP contribution < -0.4 is 4.90 Å². The summed E-state index contributed by atoms with van der Waals surface area (Å²) in [5.41, 5.74) is 3.66. The van der Waals surface area contributed by atoms with Gasteiger partial charge in [-0.1, -0.05) is 6.92 Å². The van der Waals surface area contributed by atoms with Gasteiger partial charge in [-0.3, -0.25) is 0 Å². The molecular formula is C13H17N3. The average Bonchev–Trinajstić information content (AvgIpc) is 2.81. The second-order valence-electron chi connectivity index (χ2n) is 4.06. The van der Waals surface area contributed by atoms with E-state index in [0.717, 1.165) is 12.1 Å². The van der Waals surface area contributed by atoms with E-state index in [1.54, 1.807) is 6.20 Å². The smallest absolute Gasteiger partial charge is 0.0668 e. The first-order valence-corrected chi connectivity index (χ1v) is 5.52. The van der Waals surface area contributed by atoms with Crippen molar-refractivity contribution in [2.24, 2.45) is 0 Å². The summed E-state index contributed by atoms with van der Waals surface area (Å²) in [5, 5.41) is 4.26. The summed E-state index contributed by atoms with van der Waals surface area (Å²) in [7, 11) is 4.11. The van der Waals surface area contributed by atoms with Gasteiger partial charge in [-0.05, 0) is 36.2 Å². The molecule has 84 valence electrons. The minimum absolute atomic E-state index is 1.04. The summed E-state index contributed by atoms with van der Waals surface area (Å²) in [4.78, 5) is 2.12. The molecule has 0 N–H and O–H groups in total. The van der Waals surface area contributed by atoms with Crippen LogP contribution in [0.5, 0.6) is 0 Å². The molecule has 3 nitrogen and oxygen atoms in total. The average molecular weight is 215 g/mol. The van der Waals surface area contributed by atoms with Gasteiger partial charge in [0.25, 0.3) is 0 Å². The van der Waals surface area contributed by atoms with E-state index in [4.69, 9.17) is 0 Å². The molecule has 0 saturated carbocycles. The quantitative estimate of drug-likeness (QED) is 0.784. The van der Waals surface area contributed by atoms with E-state index in [1.807, 2.05) is 16.9 Å². The lowest BCUT2D eigenvalue weighted by Gasteiger charge is -2.15.